The second kappa shape index (κ2) is 4.93. The van der Waals surface area contributed by atoms with Gasteiger partial charge in [-0.1, -0.05) is 29.3 Å². The topological polar surface area (TPSA) is 29.1 Å². The number of nitrogens with one attached hydrogen (secondary N) is 1. The molecule has 1 N–H and O–H groups in total. The van der Waals surface area contributed by atoms with Gasteiger partial charge in [-0.2, -0.15) is 0 Å². The second-order valence-electron chi connectivity index (χ2n) is 4.40. The highest BCUT2D eigenvalue weighted by molar-refractivity contribution is 6.36. The van der Waals surface area contributed by atoms with Gasteiger partial charge in [-0.3, -0.25) is 4.79 Å². The van der Waals surface area contributed by atoms with Gasteiger partial charge in [0.1, 0.15) is 5.82 Å². The van der Waals surface area contributed by atoms with Crippen LogP contribution >= 0.6 is 23.2 Å². The van der Waals surface area contributed by atoms with Crippen LogP contribution in [-0.4, -0.2) is 5.91 Å². The summed E-state index contributed by atoms with van der Waals surface area (Å²) in [5.41, 5.74) is 2.37. The van der Waals surface area contributed by atoms with Gasteiger partial charge in [0.25, 0.3) is 5.91 Å². The molecule has 20 heavy (non-hydrogen) atoms. The number of carbonyl (C=O) groups is 1. The van der Waals surface area contributed by atoms with Gasteiger partial charge in [0.15, 0.2) is 0 Å². The Morgan fingerprint density at radius 2 is 1.85 bits per heavy atom. The normalized spacial score (nSPS) is 15.3. The summed E-state index contributed by atoms with van der Waals surface area (Å²) in [4.78, 5) is 12.0. The monoisotopic (exact) mass is 307 g/mol. The van der Waals surface area contributed by atoms with Crippen molar-refractivity contribution in [3.8, 4) is 0 Å². The van der Waals surface area contributed by atoms with E-state index in [-0.39, 0.29) is 10.9 Å². The Bertz CT molecular complexity index is 735. The van der Waals surface area contributed by atoms with E-state index in [2.05, 4.69) is 5.32 Å². The Hall–Kier alpha value is -1.84. The SMILES string of the molecule is O=C1Nc2cc(Cl)ccc2C1=Cc1cc(F)cc(Cl)c1. The molecule has 0 aliphatic carbocycles. The fraction of sp³-hybridized carbons (Fsp3) is 0. The Labute approximate surface area is 124 Å². The molecule has 1 aliphatic rings. The average Bonchev–Trinajstić information content (AvgIpc) is 2.64. The molecular formula is C15H8Cl2FNO. The zero-order valence-corrected chi connectivity index (χ0v) is 11.6. The Balaban J connectivity index is 2.11. The molecule has 0 fully saturated rings. The van der Waals surface area contributed by atoms with Crippen LogP contribution in [0, 0.1) is 5.82 Å². The molecule has 2 aromatic rings. The summed E-state index contributed by atoms with van der Waals surface area (Å²) >= 11 is 11.7. The quantitative estimate of drug-likeness (QED) is 0.765. The van der Waals surface area contributed by atoms with Crippen LogP contribution in [0.15, 0.2) is 36.4 Å². The molecular weight excluding hydrogens is 300 g/mol. The molecule has 2 aromatic carbocycles. The molecule has 1 amide bonds. The molecule has 0 bridgehead atoms. The number of amides is 1. The van der Waals surface area contributed by atoms with E-state index >= 15 is 0 Å². The van der Waals surface area contributed by atoms with Gasteiger partial charge in [0.2, 0.25) is 0 Å². The van der Waals surface area contributed by atoms with Crippen LogP contribution < -0.4 is 5.32 Å². The van der Waals surface area contributed by atoms with Gasteiger partial charge < -0.3 is 5.32 Å². The highest BCUT2D eigenvalue weighted by Gasteiger charge is 2.24. The van der Waals surface area contributed by atoms with Crippen LogP contribution in [0.2, 0.25) is 10.0 Å². The predicted molar refractivity (Wildman–Crippen MR) is 79.4 cm³/mol. The van der Waals surface area contributed by atoms with E-state index < -0.39 is 5.82 Å². The lowest BCUT2D eigenvalue weighted by Gasteiger charge is -2.00. The van der Waals surface area contributed by atoms with E-state index in [1.54, 1.807) is 30.3 Å². The summed E-state index contributed by atoms with van der Waals surface area (Å²) in [6.07, 6.45) is 1.60. The van der Waals surface area contributed by atoms with Crippen LogP contribution in [0.3, 0.4) is 0 Å². The number of hydrogen-bond acceptors (Lipinski definition) is 1. The van der Waals surface area contributed by atoms with E-state index in [9.17, 15) is 9.18 Å². The fourth-order valence-corrected chi connectivity index (χ4v) is 2.54. The van der Waals surface area contributed by atoms with E-state index in [1.165, 1.54) is 12.1 Å². The van der Waals surface area contributed by atoms with Crippen molar-refractivity contribution < 1.29 is 9.18 Å². The number of fused-ring (bicyclic) bond motifs is 1. The maximum Gasteiger partial charge on any atom is 0.256 e. The third-order valence-electron chi connectivity index (χ3n) is 2.96. The number of carbonyl (C=O) groups excluding carboxylic acids is 1. The maximum atomic E-state index is 13.3. The van der Waals surface area contributed by atoms with Gasteiger partial charge in [-0.05, 0) is 42.0 Å². The predicted octanol–water partition coefficient (Wildman–Crippen LogP) is 4.63. The van der Waals surface area contributed by atoms with Crippen LogP contribution in [-0.2, 0) is 4.79 Å². The van der Waals surface area contributed by atoms with Crippen molar-refractivity contribution in [3.63, 3.8) is 0 Å². The Morgan fingerprint density at radius 3 is 2.60 bits per heavy atom. The zero-order chi connectivity index (χ0) is 14.3. The van der Waals surface area contributed by atoms with Crippen molar-refractivity contribution in [1.82, 2.24) is 0 Å². The van der Waals surface area contributed by atoms with Gasteiger partial charge in [0.05, 0.1) is 5.69 Å². The smallest absolute Gasteiger partial charge is 0.256 e. The molecule has 100 valence electrons. The van der Waals surface area contributed by atoms with E-state index in [4.69, 9.17) is 23.2 Å². The summed E-state index contributed by atoms with van der Waals surface area (Å²) in [6.45, 7) is 0. The van der Waals surface area contributed by atoms with Crippen molar-refractivity contribution in [1.29, 1.82) is 0 Å². The van der Waals surface area contributed by atoms with Crippen molar-refractivity contribution in [3.05, 3.63) is 63.4 Å². The molecule has 0 spiro atoms. The van der Waals surface area contributed by atoms with E-state index in [1.807, 2.05) is 0 Å². The first-order valence-corrected chi connectivity index (χ1v) is 6.57. The van der Waals surface area contributed by atoms with Crippen molar-refractivity contribution in [2.75, 3.05) is 5.32 Å². The maximum absolute atomic E-state index is 13.3. The lowest BCUT2D eigenvalue weighted by molar-refractivity contribution is -0.110. The molecule has 0 radical (unpaired) electrons. The molecule has 1 heterocycles. The number of hydrogen-bond donors (Lipinski definition) is 1. The molecule has 2 nitrogen and oxygen atoms in total. The minimum Gasteiger partial charge on any atom is -0.321 e. The van der Waals surface area contributed by atoms with Crippen molar-refractivity contribution >= 4 is 46.4 Å². The van der Waals surface area contributed by atoms with Crippen LogP contribution in [0.4, 0.5) is 10.1 Å². The molecule has 0 saturated carbocycles. The highest BCUT2D eigenvalue weighted by atomic mass is 35.5. The number of rotatable bonds is 1. The minimum atomic E-state index is -0.445. The zero-order valence-electron chi connectivity index (χ0n) is 10.1. The molecule has 1 aliphatic heterocycles. The lowest BCUT2D eigenvalue weighted by atomic mass is 10.0. The first kappa shape index (κ1) is 13.2. The Morgan fingerprint density at radius 1 is 1.05 bits per heavy atom. The van der Waals surface area contributed by atoms with Crippen molar-refractivity contribution in [2.45, 2.75) is 0 Å². The third kappa shape index (κ3) is 2.42. The lowest BCUT2D eigenvalue weighted by Crippen LogP contribution is -2.03. The summed E-state index contributed by atoms with van der Waals surface area (Å²) < 4.78 is 13.3. The van der Waals surface area contributed by atoms with Crippen LogP contribution in [0.25, 0.3) is 11.6 Å². The van der Waals surface area contributed by atoms with Gasteiger partial charge in [0, 0.05) is 21.2 Å². The molecule has 3 rings (SSSR count). The molecule has 0 aromatic heterocycles. The molecule has 0 unspecified atom stereocenters. The number of halogens is 3. The molecule has 0 saturated heterocycles. The highest BCUT2D eigenvalue weighted by Crippen LogP contribution is 2.35. The number of benzene rings is 2. The summed E-state index contributed by atoms with van der Waals surface area (Å²) in [5.74, 6) is -0.693. The Kier molecular flexibility index (Phi) is 3.24. The van der Waals surface area contributed by atoms with Gasteiger partial charge >= 0.3 is 0 Å². The largest absolute Gasteiger partial charge is 0.321 e. The summed E-state index contributed by atoms with van der Waals surface area (Å²) in [6, 6.07) is 9.26. The first-order chi connectivity index (χ1) is 9.52. The third-order valence-corrected chi connectivity index (χ3v) is 3.41. The van der Waals surface area contributed by atoms with Crippen LogP contribution in [0.1, 0.15) is 11.1 Å². The van der Waals surface area contributed by atoms with Gasteiger partial charge in [-0.25, -0.2) is 4.39 Å². The van der Waals surface area contributed by atoms with E-state index in [0.29, 0.717) is 21.8 Å². The fourth-order valence-electron chi connectivity index (χ4n) is 2.14. The minimum absolute atomic E-state index is 0.248. The average molecular weight is 308 g/mol. The van der Waals surface area contributed by atoms with E-state index in [0.717, 1.165) is 5.56 Å². The summed E-state index contributed by atoms with van der Waals surface area (Å²) in [5, 5.41) is 3.54. The second-order valence-corrected chi connectivity index (χ2v) is 5.28. The standard InChI is InChI=1S/C15H8Cl2FNO/c16-9-1-2-12-13(15(20)19-14(12)7-9)5-8-3-10(17)6-11(18)4-8/h1-7H,(H,19,20). The molecule has 5 heteroatoms. The van der Waals surface area contributed by atoms with Crippen LogP contribution in [0.5, 0.6) is 0 Å². The number of anilines is 1. The van der Waals surface area contributed by atoms with Gasteiger partial charge in [-0.15, -0.1) is 0 Å². The molecule has 0 atom stereocenters. The summed E-state index contributed by atoms with van der Waals surface area (Å²) in [7, 11) is 0. The van der Waals surface area contributed by atoms with Crippen molar-refractivity contribution in [2.24, 2.45) is 0 Å². The first-order valence-electron chi connectivity index (χ1n) is 5.82.